The van der Waals surface area contributed by atoms with E-state index in [9.17, 15) is 9.59 Å². The predicted molar refractivity (Wildman–Crippen MR) is 128 cm³/mol. The molecule has 0 saturated carbocycles. The van der Waals surface area contributed by atoms with E-state index in [0.29, 0.717) is 49.1 Å². The number of carbonyl (C=O) groups excluding carboxylic acids is 2. The number of carbonyl (C=O) groups is 2. The molecule has 1 aromatic carbocycles. The van der Waals surface area contributed by atoms with Crippen molar-refractivity contribution in [2.45, 2.75) is 26.3 Å². The average Bonchev–Trinajstić information content (AvgIpc) is 2.87. The summed E-state index contributed by atoms with van der Waals surface area (Å²) in [5.41, 5.74) is 3.24. The third-order valence-electron chi connectivity index (χ3n) is 6.52. The summed E-state index contributed by atoms with van der Waals surface area (Å²) in [5.74, 6) is 0.0330. The zero-order valence-corrected chi connectivity index (χ0v) is 20.0. The number of hydrogen-bond donors (Lipinski definition) is 1. The SMILES string of the molecule is Cc1c(CN2CCN(C(=O)C3CCOCC3)CC2)cc(Cl)cc1NC(=O)c1ccc(C#N)nc1. The molecular formula is C25H28ClN5O3. The van der Waals surface area contributed by atoms with E-state index in [4.69, 9.17) is 21.6 Å². The molecule has 3 heterocycles. The van der Waals surface area contributed by atoms with Crippen LogP contribution < -0.4 is 5.32 Å². The van der Waals surface area contributed by atoms with E-state index in [-0.39, 0.29) is 23.4 Å². The van der Waals surface area contributed by atoms with Crippen molar-refractivity contribution in [1.29, 1.82) is 5.26 Å². The summed E-state index contributed by atoms with van der Waals surface area (Å²) in [5, 5.41) is 12.3. The van der Waals surface area contributed by atoms with Crippen LogP contribution in [-0.2, 0) is 16.1 Å². The molecule has 0 bridgehead atoms. The third-order valence-corrected chi connectivity index (χ3v) is 6.74. The van der Waals surface area contributed by atoms with E-state index in [0.717, 1.165) is 37.1 Å². The number of aromatic nitrogens is 1. The van der Waals surface area contributed by atoms with Gasteiger partial charge in [0.05, 0.1) is 5.56 Å². The molecule has 2 aliphatic heterocycles. The molecule has 0 atom stereocenters. The first-order valence-electron chi connectivity index (χ1n) is 11.5. The molecule has 0 radical (unpaired) electrons. The highest BCUT2D eigenvalue weighted by atomic mass is 35.5. The number of anilines is 1. The highest BCUT2D eigenvalue weighted by Gasteiger charge is 2.29. The van der Waals surface area contributed by atoms with Crippen LogP contribution in [0.2, 0.25) is 5.02 Å². The minimum absolute atomic E-state index is 0.0907. The van der Waals surface area contributed by atoms with E-state index in [1.807, 2.05) is 24.0 Å². The van der Waals surface area contributed by atoms with Crippen molar-refractivity contribution in [2.24, 2.45) is 5.92 Å². The maximum atomic E-state index is 12.8. The number of nitrogens with one attached hydrogen (secondary N) is 1. The van der Waals surface area contributed by atoms with Gasteiger partial charge in [0, 0.05) is 68.8 Å². The van der Waals surface area contributed by atoms with E-state index in [2.05, 4.69) is 15.2 Å². The molecule has 1 aromatic heterocycles. The fourth-order valence-corrected chi connectivity index (χ4v) is 4.63. The Labute approximate surface area is 204 Å². The van der Waals surface area contributed by atoms with Crippen LogP contribution in [-0.4, -0.2) is 66.0 Å². The quantitative estimate of drug-likeness (QED) is 0.704. The maximum Gasteiger partial charge on any atom is 0.257 e. The predicted octanol–water partition coefficient (Wildman–Crippen LogP) is 3.24. The topological polar surface area (TPSA) is 98.6 Å². The molecule has 2 aromatic rings. The van der Waals surface area contributed by atoms with Gasteiger partial charge in [-0.2, -0.15) is 5.26 Å². The van der Waals surface area contributed by atoms with Crippen molar-refractivity contribution in [3.05, 3.63) is 57.9 Å². The number of rotatable bonds is 5. The number of ether oxygens (including phenoxy) is 1. The first kappa shape index (κ1) is 24.1. The second kappa shape index (κ2) is 11.0. The lowest BCUT2D eigenvalue weighted by Gasteiger charge is -2.37. The molecule has 0 unspecified atom stereocenters. The Morgan fingerprint density at radius 2 is 1.94 bits per heavy atom. The molecule has 9 heteroatoms. The fourth-order valence-electron chi connectivity index (χ4n) is 4.39. The van der Waals surface area contributed by atoms with Gasteiger partial charge < -0.3 is 15.0 Å². The molecule has 2 aliphatic rings. The number of benzene rings is 1. The molecule has 34 heavy (non-hydrogen) atoms. The van der Waals surface area contributed by atoms with Crippen molar-refractivity contribution in [3.63, 3.8) is 0 Å². The lowest BCUT2D eigenvalue weighted by Crippen LogP contribution is -2.50. The fraction of sp³-hybridized carbons (Fsp3) is 0.440. The number of pyridine rings is 1. The van der Waals surface area contributed by atoms with Crippen LogP contribution in [0.3, 0.4) is 0 Å². The normalized spacial score (nSPS) is 17.3. The molecule has 2 amide bonds. The second-order valence-corrected chi connectivity index (χ2v) is 9.16. The molecule has 0 aliphatic carbocycles. The summed E-state index contributed by atoms with van der Waals surface area (Å²) in [6.07, 6.45) is 3.01. The number of amides is 2. The Kier molecular flexibility index (Phi) is 7.78. The Hall–Kier alpha value is -2.99. The van der Waals surface area contributed by atoms with Crippen LogP contribution >= 0.6 is 11.6 Å². The monoisotopic (exact) mass is 481 g/mol. The summed E-state index contributed by atoms with van der Waals surface area (Å²) >= 11 is 6.38. The van der Waals surface area contributed by atoms with Gasteiger partial charge in [0.25, 0.3) is 5.91 Å². The Bertz CT molecular complexity index is 1080. The number of nitriles is 1. The summed E-state index contributed by atoms with van der Waals surface area (Å²) in [6, 6.07) is 8.69. The van der Waals surface area contributed by atoms with Crippen molar-refractivity contribution in [3.8, 4) is 6.07 Å². The van der Waals surface area contributed by atoms with E-state index in [1.165, 1.54) is 12.3 Å². The van der Waals surface area contributed by atoms with E-state index < -0.39 is 0 Å². The highest BCUT2D eigenvalue weighted by Crippen LogP contribution is 2.27. The number of piperazine rings is 1. The molecule has 1 N–H and O–H groups in total. The zero-order valence-electron chi connectivity index (χ0n) is 19.2. The molecule has 178 valence electrons. The maximum absolute atomic E-state index is 12.8. The van der Waals surface area contributed by atoms with Gasteiger partial charge in [-0.3, -0.25) is 14.5 Å². The number of nitrogens with zero attached hydrogens (tertiary/aromatic N) is 4. The Balaban J connectivity index is 1.38. The van der Waals surface area contributed by atoms with Crippen LogP contribution in [0, 0.1) is 24.2 Å². The van der Waals surface area contributed by atoms with Crippen molar-refractivity contribution >= 4 is 29.1 Å². The molecule has 4 rings (SSSR count). The molecule has 2 saturated heterocycles. The third kappa shape index (κ3) is 5.73. The minimum Gasteiger partial charge on any atom is -0.381 e. The Morgan fingerprint density at radius 1 is 1.21 bits per heavy atom. The van der Waals surface area contributed by atoms with E-state index in [1.54, 1.807) is 12.1 Å². The highest BCUT2D eigenvalue weighted by molar-refractivity contribution is 6.31. The summed E-state index contributed by atoms with van der Waals surface area (Å²) in [7, 11) is 0. The lowest BCUT2D eigenvalue weighted by molar-refractivity contribution is -0.140. The first-order chi connectivity index (χ1) is 16.4. The van der Waals surface area contributed by atoms with Gasteiger partial charge in [-0.15, -0.1) is 0 Å². The van der Waals surface area contributed by atoms with Gasteiger partial charge in [0.1, 0.15) is 11.8 Å². The van der Waals surface area contributed by atoms with Gasteiger partial charge in [-0.25, -0.2) is 4.98 Å². The Morgan fingerprint density at radius 3 is 2.59 bits per heavy atom. The second-order valence-electron chi connectivity index (χ2n) is 8.72. The summed E-state index contributed by atoms with van der Waals surface area (Å²) in [4.78, 5) is 33.7. The van der Waals surface area contributed by atoms with Gasteiger partial charge in [-0.05, 0) is 55.2 Å². The molecule has 0 spiro atoms. The molecular weight excluding hydrogens is 454 g/mol. The zero-order chi connectivity index (χ0) is 24.1. The van der Waals surface area contributed by atoms with Crippen molar-refractivity contribution in [1.82, 2.24) is 14.8 Å². The van der Waals surface area contributed by atoms with Crippen LogP contribution in [0.15, 0.2) is 30.5 Å². The minimum atomic E-state index is -0.312. The molecule has 8 nitrogen and oxygen atoms in total. The van der Waals surface area contributed by atoms with Crippen LogP contribution in [0.1, 0.15) is 40.0 Å². The van der Waals surface area contributed by atoms with Crippen molar-refractivity contribution < 1.29 is 14.3 Å². The van der Waals surface area contributed by atoms with Gasteiger partial charge in [0.15, 0.2) is 0 Å². The summed E-state index contributed by atoms with van der Waals surface area (Å²) in [6.45, 7) is 7.00. The first-order valence-corrected chi connectivity index (χ1v) is 11.9. The van der Waals surface area contributed by atoms with Crippen LogP contribution in [0.4, 0.5) is 5.69 Å². The lowest BCUT2D eigenvalue weighted by atomic mass is 9.98. The van der Waals surface area contributed by atoms with Gasteiger partial charge >= 0.3 is 0 Å². The van der Waals surface area contributed by atoms with E-state index >= 15 is 0 Å². The van der Waals surface area contributed by atoms with Gasteiger partial charge in [0.2, 0.25) is 5.91 Å². The van der Waals surface area contributed by atoms with Crippen molar-refractivity contribution in [2.75, 3.05) is 44.7 Å². The van der Waals surface area contributed by atoms with Crippen LogP contribution in [0.25, 0.3) is 0 Å². The molecule has 2 fully saturated rings. The largest absolute Gasteiger partial charge is 0.381 e. The van der Waals surface area contributed by atoms with Gasteiger partial charge in [-0.1, -0.05) is 11.6 Å². The van der Waals surface area contributed by atoms with Crippen LogP contribution in [0.5, 0.6) is 0 Å². The standard InChI is InChI=1S/C25H28ClN5O3/c1-17-20(16-30-6-8-31(9-7-30)25(33)18-4-10-34-11-5-18)12-21(26)13-23(17)29-24(32)19-2-3-22(14-27)28-15-19/h2-3,12-13,15,18H,4-11,16H2,1H3,(H,29,32). The number of hydrogen-bond acceptors (Lipinski definition) is 6. The summed E-state index contributed by atoms with van der Waals surface area (Å²) < 4.78 is 5.38. The average molecular weight is 482 g/mol. The number of halogens is 1. The smallest absolute Gasteiger partial charge is 0.257 e.